The number of ether oxygens (including phenoxy) is 1. The number of carbonyl (C=O) groups is 2. The lowest BCUT2D eigenvalue weighted by molar-refractivity contribution is -0.111. The zero-order valence-electron chi connectivity index (χ0n) is 15.9. The first-order chi connectivity index (χ1) is 13.6. The highest BCUT2D eigenvalue weighted by atomic mass is 16.5. The maximum Gasteiger partial charge on any atom is 0.319 e. The Labute approximate surface area is 165 Å². The van der Waals surface area contributed by atoms with Crippen molar-refractivity contribution in [2.24, 2.45) is 0 Å². The number of carbonyl (C=O) groups excluding carboxylic acids is 2. The van der Waals surface area contributed by atoms with E-state index >= 15 is 0 Å². The molecule has 0 saturated carbocycles. The van der Waals surface area contributed by atoms with Gasteiger partial charge in [0.15, 0.2) is 0 Å². The molecule has 146 valence electrons. The molecule has 1 unspecified atom stereocenters. The summed E-state index contributed by atoms with van der Waals surface area (Å²) in [5, 5.41) is 8.36. The normalized spacial score (nSPS) is 16.1. The molecule has 0 radical (unpaired) electrons. The number of anilines is 2. The second-order valence-electron chi connectivity index (χ2n) is 6.78. The van der Waals surface area contributed by atoms with E-state index in [0.717, 1.165) is 25.0 Å². The standard InChI is InChI=1S/C22H25N3O3/c1-16-4-6-17(7-5-16)8-13-21(26)24-18-9-11-19(12-10-18)25-22(27)23-15-20-3-2-14-28-20/h4-13,20H,2-3,14-15H2,1H3,(H,24,26)(H2,23,25,27)/b13-8+. The molecule has 1 saturated heterocycles. The summed E-state index contributed by atoms with van der Waals surface area (Å²) in [6.45, 7) is 3.29. The summed E-state index contributed by atoms with van der Waals surface area (Å²) in [6.07, 6.45) is 5.39. The van der Waals surface area contributed by atoms with Gasteiger partial charge >= 0.3 is 6.03 Å². The van der Waals surface area contributed by atoms with Gasteiger partial charge in [0.05, 0.1) is 6.10 Å². The van der Waals surface area contributed by atoms with Crippen molar-refractivity contribution in [2.75, 3.05) is 23.8 Å². The number of rotatable bonds is 6. The highest BCUT2D eigenvalue weighted by Gasteiger charge is 2.16. The minimum Gasteiger partial charge on any atom is -0.376 e. The Bertz CT molecular complexity index is 823. The average molecular weight is 379 g/mol. The van der Waals surface area contributed by atoms with Gasteiger partial charge in [0.2, 0.25) is 5.91 Å². The van der Waals surface area contributed by atoms with E-state index in [0.29, 0.717) is 17.9 Å². The highest BCUT2D eigenvalue weighted by molar-refractivity contribution is 6.02. The van der Waals surface area contributed by atoms with E-state index in [2.05, 4.69) is 16.0 Å². The van der Waals surface area contributed by atoms with Crippen LogP contribution < -0.4 is 16.0 Å². The first-order valence-corrected chi connectivity index (χ1v) is 9.41. The number of urea groups is 1. The summed E-state index contributed by atoms with van der Waals surface area (Å²) in [5.41, 5.74) is 3.45. The van der Waals surface area contributed by atoms with Crippen LogP contribution in [0.2, 0.25) is 0 Å². The van der Waals surface area contributed by atoms with Gasteiger partial charge in [-0.1, -0.05) is 29.8 Å². The molecule has 6 nitrogen and oxygen atoms in total. The van der Waals surface area contributed by atoms with Crippen molar-refractivity contribution in [3.8, 4) is 0 Å². The topological polar surface area (TPSA) is 79.5 Å². The van der Waals surface area contributed by atoms with Gasteiger partial charge in [0.25, 0.3) is 0 Å². The smallest absolute Gasteiger partial charge is 0.319 e. The molecule has 0 aliphatic carbocycles. The summed E-state index contributed by atoms with van der Waals surface area (Å²) in [7, 11) is 0. The van der Waals surface area contributed by atoms with Crippen LogP contribution in [0.15, 0.2) is 54.6 Å². The third-order valence-electron chi connectivity index (χ3n) is 4.43. The predicted molar refractivity (Wildman–Crippen MR) is 111 cm³/mol. The highest BCUT2D eigenvalue weighted by Crippen LogP contribution is 2.14. The molecule has 6 heteroatoms. The van der Waals surface area contributed by atoms with Gasteiger partial charge in [-0.15, -0.1) is 0 Å². The molecule has 1 aliphatic heterocycles. The molecule has 0 bridgehead atoms. The van der Waals surface area contributed by atoms with E-state index in [9.17, 15) is 9.59 Å². The fraction of sp³-hybridized carbons (Fsp3) is 0.273. The van der Waals surface area contributed by atoms with Crippen LogP contribution in [0.1, 0.15) is 24.0 Å². The Balaban J connectivity index is 1.44. The maximum absolute atomic E-state index is 12.0. The minimum absolute atomic E-state index is 0.108. The van der Waals surface area contributed by atoms with Crippen molar-refractivity contribution in [3.05, 3.63) is 65.7 Å². The number of hydrogen-bond donors (Lipinski definition) is 3. The lowest BCUT2D eigenvalue weighted by Crippen LogP contribution is -2.35. The van der Waals surface area contributed by atoms with Crippen molar-refractivity contribution in [3.63, 3.8) is 0 Å². The van der Waals surface area contributed by atoms with E-state index in [1.165, 1.54) is 11.6 Å². The van der Waals surface area contributed by atoms with Crippen LogP contribution in [0.5, 0.6) is 0 Å². The molecule has 2 aromatic carbocycles. The van der Waals surface area contributed by atoms with Crippen LogP contribution in [0, 0.1) is 6.92 Å². The van der Waals surface area contributed by atoms with Gasteiger partial charge in [-0.3, -0.25) is 4.79 Å². The second-order valence-corrected chi connectivity index (χ2v) is 6.78. The first-order valence-electron chi connectivity index (χ1n) is 9.41. The molecule has 1 fully saturated rings. The fourth-order valence-electron chi connectivity index (χ4n) is 2.86. The van der Waals surface area contributed by atoms with Gasteiger partial charge < -0.3 is 20.7 Å². The molecule has 28 heavy (non-hydrogen) atoms. The van der Waals surface area contributed by atoms with Crippen LogP contribution >= 0.6 is 0 Å². The second kappa shape index (κ2) is 9.71. The summed E-state index contributed by atoms with van der Waals surface area (Å²) >= 11 is 0. The van der Waals surface area contributed by atoms with Gasteiger partial charge in [0, 0.05) is 30.6 Å². The third-order valence-corrected chi connectivity index (χ3v) is 4.43. The van der Waals surface area contributed by atoms with Crippen molar-refractivity contribution in [1.29, 1.82) is 0 Å². The number of amides is 3. The monoisotopic (exact) mass is 379 g/mol. The SMILES string of the molecule is Cc1ccc(/C=C/C(=O)Nc2ccc(NC(=O)NCC3CCCO3)cc2)cc1. The fourth-order valence-corrected chi connectivity index (χ4v) is 2.86. The number of benzene rings is 2. The molecule has 1 atom stereocenters. The Kier molecular flexibility index (Phi) is 6.81. The summed E-state index contributed by atoms with van der Waals surface area (Å²) in [6, 6.07) is 14.6. The Hall–Kier alpha value is -3.12. The van der Waals surface area contributed by atoms with Crippen molar-refractivity contribution < 1.29 is 14.3 Å². The molecule has 0 aromatic heterocycles. The Morgan fingerprint density at radius 3 is 2.36 bits per heavy atom. The first kappa shape index (κ1) is 19.6. The van der Waals surface area contributed by atoms with Crippen LogP contribution in [-0.2, 0) is 9.53 Å². The maximum atomic E-state index is 12.0. The van der Waals surface area contributed by atoms with Crippen molar-refractivity contribution in [2.45, 2.75) is 25.9 Å². The lowest BCUT2D eigenvalue weighted by atomic mass is 10.1. The largest absolute Gasteiger partial charge is 0.376 e. The van der Waals surface area contributed by atoms with Crippen molar-refractivity contribution >= 4 is 29.4 Å². The third kappa shape index (κ3) is 6.25. The number of aryl methyl sites for hydroxylation is 1. The van der Waals surface area contributed by atoms with Crippen LogP contribution in [0.25, 0.3) is 6.08 Å². The molecule has 1 heterocycles. The Morgan fingerprint density at radius 1 is 1.04 bits per heavy atom. The van der Waals surface area contributed by atoms with Crippen LogP contribution in [-0.4, -0.2) is 31.2 Å². The van der Waals surface area contributed by atoms with Crippen LogP contribution in [0.3, 0.4) is 0 Å². The summed E-state index contributed by atoms with van der Waals surface area (Å²) < 4.78 is 5.47. The van der Waals surface area contributed by atoms with E-state index in [1.54, 1.807) is 30.3 Å². The predicted octanol–water partition coefficient (Wildman–Crippen LogP) is 3.95. The molecule has 0 spiro atoms. The molecule has 3 N–H and O–H groups in total. The summed E-state index contributed by atoms with van der Waals surface area (Å²) in [4.78, 5) is 24.0. The average Bonchev–Trinajstić information content (AvgIpc) is 3.21. The van der Waals surface area contributed by atoms with E-state index in [4.69, 9.17) is 4.74 Å². The van der Waals surface area contributed by atoms with Crippen LogP contribution in [0.4, 0.5) is 16.2 Å². The lowest BCUT2D eigenvalue weighted by Gasteiger charge is -2.12. The number of nitrogens with one attached hydrogen (secondary N) is 3. The van der Waals surface area contributed by atoms with Gasteiger partial charge in [0.1, 0.15) is 0 Å². The Morgan fingerprint density at radius 2 is 1.71 bits per heavy atom. The molecule has 1 aliphatic rings. The molecule has 2 aromatic rings. The van der Waals surface area contributed by atoms with Gasteiger partial charge in [-0.05, 0) is 55.7 Å². The van der Waals surface area contributed by atoms with Gasteiger partial charge in [-0.2, -0.15) is 0 Å². The van der Waals surface area contributed by atoms with E-state index in [-0.39, 0.29) is 18.0 Å². The van der Waals surface area contributed by atoms with Gasteiger partial charge in [-0.25, -0.2) is 4.79 Å². The minimum atomic E-state index is -0.270. The zero-order chi connectivity index (χ0) is 19.8. The molecule has 3 amide bonds. The summed E-state index contributed by atoms with van der Waals surface area (Å²) in [5.74, 6) is -0.212. The quantitative estimate of drug-likeness (QED) is 0.665. The molecule has 3 rings (SSSR count). The van der Waals surface area contributed by atoms with E-state index < -0.39 is 0 Å². The number of hydrogen-bond acceptors (Lipinski definition) is 3. The molecular weight excluding hydrogens is 354 g/mol. The molecular formula is C22H25N3O3. The van der Waals surface area contributed by atoms with Crippen molar-refractivity contribution in [1.82, 2.24) is 5.32 Å². The zero-order valence-corrected chi connectivity index (χ0v) is 15.9. The van der Waals surface area contributed by atoms with E-state index in [1.807, 2.05) is 31.2 Å².